The fraction of sp³-hybridized carbons (Fsp3) is 0.148. The van der Waals surface area contributed by atoms with Crippen molar-refractivity contribution in [2.75, 3.05) is 11.9 Å². The maximum atomic E-state index is 13.1. The molecule has 0 bridgehead atoms. The van der Waals surface area contributed by atoms with E-state index in [1.807, 2.05) is 32.2 Å². The smallest absolute Gasteiger partial charge is 0.232 e. The Morgan fingerprint density at radius 1 is 0.914 bits per heavy atom. The fourth-order valence-corrected chi connectivity index (χ4v) is 4.79. The molecule has 8 heteroatoms. The lowest BCUT2D eigenvalue weighted by Crippen LogP contribution is -2.27. The van der Waals surface area contributed by atoms with E-state index in [1.54, 1.807) is 41.4 Å². The molecule has 35 heavy (non-hydrogen) atoms. The van der Waals surface area contributed by atoms with Crippen LogP contribution in [0, 0.1) is 6.92 Å². The predicted octanol–water partition coefficient (Wildman–Crippen LogP) is 4.43. The van der Waals surface area contributed by atoms with E-state index in [1.165, 1.54) is 0 Å². The number of benzene rings is 1. The third kappa shape index (κ3) is 3.42. The quantitative estimate of drug-likeness (QED) is 0.397. The van der Waals surface area contributed by atoms with Crippen molar-refractivity contribution in [3.8, 4) is 16.9 Å². The standard InChI is InChI=1S/C27H23N7O/c1-17-30-23-16-29-12-10-24(23)34(17)21-8-6-18(7-9-21)20-13-22-26(19-5-4-11-28-15-19)31-33(3)27(22)32(2)25(35)14-20/h4-13,15-16H,14H2,1-3H3. The lowest BCUT2D eigenvalue weighted by Gasteiger charge is -2.16. The molecule has 5 heterocycles. The summed E-state index contributed by atoms with van der Waals surface area (Å²) in [6, 6.07) is 14.1. The highest BCUT2D eigenvalue weighted by Crippen LogP contribution is 2.37. The average molecular weight is 462 g/mol. The highest BCUT2D eigenvalue weighted by Gasteiger charge is 2.27. The lowest BCUT2D eigenvalue weighted by molar-refractivity contribution is -0.117. The number of fused-ring (bicyclic) bond motifs is 2. The SMILES string of the molecule is Cc1nc2cnccc2n1-c1ccc(C2=Cc3c(-c4cccnc4)nn(C)c3N(C)C(=O)C2)cc1. The zero-order chi connectivity index (χ0) is 24.1. The molecule has 4 aromatic heterocycles. The van der Waals surface area contributed by atoms with E-state index >= 15 is 0 Å². The molecule has 1 amide bonds. The summed E-state index contributed by atoms with van der Waals surface area (Å²) in [5.41, 5.74) is 7.45. The van der Waals surface area contributed by atoms with Gasteiger partial charge in [-0.25, -0.2) is 4.98 Å². The minimum absolute atomic E-state index is 0.0174. The van der Waals surface area contributed by atoms with E-state index in [2.05, 4.69) is 49.9 Å². The van der Waals surface area contributed by atoms with Crippen molar-refractivity contribution in [1.29, 1.82) is 0 Å². The minimum atomic E-state index is 0.0174. The van der Waals surface area contributed by atoms with Gasteiger partial charge in [-0.1, -0.05) is 12.1 Å². The van der Waals surface area contributed by atoms with Crippen LogP contribution in [0.2, 0.25) is 0 Å². The summed E-state index contributed by atoms with van der Waals surface area (Å²) in [7, 11) is 3.67. The van der Waals surface area contributed by atoms with Gasteiger partial charge in [0.15, 0.2) is 0 Å². The number of anilines is 1. The number of nitrogens with zero attached hydrogens (tertiary/aromatic N) is 7. The van der Waals surface area contributed by atoms with Gasteiger partial charge in [-0.05, 0) is 54.5 Å². The first-order valence-corrected chi connectivity index (χ1v) is 11.4. The summed E-state index contributed by atoms with van der Waals surface area (Å²) in [6.45, 7) is 1.99. The summed E-state index contributed by atoms with van der Waals surface area (Å²) in [6.07, 6.45) is 9.48. The molecule has 8 nitrogen and oxygen atoms in total. The topological polar surface area (TPSA) is 81.7 Å². The first-order chi connectivity index (χ1) is 17.0. The molecule has 0 atom stereocenters. The van der Waals surface area contributed by atoms with Crippen LogP contribution >= 0.6 is 0 Å². The van der Waals surface area contributed by atoms with E-state index in [0.29, 0.717) is 6.42 Å². The summed E-state index contributed by atoms with van der Waals surface area (Å²) < 4.78 is 3.88. The fourth-order valence-electron chi connectivity index (χ4n) is 4.79. The van der Waals surface area contributed by atoms with Crippen LogP contribution in [0.5, 0.6) is 0 Å². The van der Waals surface area contributed by atoms with Gasteiger partial charge in [-0.3, -0.25) is 28.9 Å². The molecule has 0 saturated carbocycles. The molecule has 0 spiro atoms. The van der Waals surface area contributed by atoms with Gasteiger partial charge in [-0.2, -0.15) is 5.10 Å². The van der Waals surface area contributed by atoms with Crippen LogP contribution in [0.25, 0.3) is 39.6 Å². The number of amides is 1. The largest absolute Gasteiger partial charge is 0.299 e. The second-order valence-corrected chi connectivity index (χ2v) is 8.66. The highest BCUT2D eigenvalue weighted by molar-refractivity contribution is 6.08. The normalized spacial score (nSPS) is 13.6. The van der Waals surface area contributed by atoms with E-state index in [0.717, 1.165) is 56.3 Å². The number of aromatic nitrogens is 6. The zero-order valence-electron chi connectivity index (χ0n) is 19.7. The molecule has 1 aromatic carbocycles. The molecule has 0 unspecified atom stereocenters. The third-order valence-corrected chi connectivity index (χ3v) is 6.46. The Labute approximate surface area is 202 Å². The zero-order valence-corrected chi connectivity index (χ0v) is 19.7. The van der Waals surface area contributed by atoms with Gasteiger partial charge in [0.1, 0.15) is 22.9 Å². The van der Waals surface area contributed by atoms with Crippen LogP contribution in [0.1, 0.15) is 23.4 Å². The summed E-state index contributed by atoms with van der Waals surface area (Å²) in [4.78, 5) is 27.9. The van der Waals surface area contributed by atoms with Gasteiger partial charge in [0.2, 0.25) is 5.91 Å². The van der Waals surface area contributed by atoms with Crippen LogP contribution in [0.4, 0.5) is 5.82 Å². The lowest BCUT2D eigenvalue weighted by atomic mass is 9.99. The second-order valence-electron chi connectivity index (χ2n) is 8.66. The molecule has 6 rings (SSSR count). The van der Waals surface area contributed by atoms with Crippen molar-refractivity contribution in [1.82, 2.24) is 29.3 Å². The van der Waals surface area contributed by atoms with Crippen LogP contribution < -0.4 is 4.90 Å². The number of carbonyl (C=O) groups is 1. The Bertz CT molecular complexity index is 1610. The Morgan fingerprint density at radius 2 is 1.71 bits per heavy atom. The van der Waals surface area contributed by atoms with Crippen LogP contribution in [0.3, 0.4) is 0 Å². The Hall–Kier alpha value is -4.59. The number of hydrogen-bond donors (Lipinski definition) is 0. The van der Waals surface area contributed by atoms with Crippen LogP contribution in [0.15, 0.2) is 67.3 Å². The summed E-state index contributed by atoms with van der Waals surface area (Å²) in [5.74, 6) is 1.69. The molecule has 0 aliphatic carbocycles. The van der Waals surface area contributed by atoms with Crippen molar-refractivity contribution in [2.45, 2.75) is 13.3 Å². The predicted molar refractivity (Wildman–Crippen MR) is 136 cm³/mol. The molecular weight excluding hydrogens is 438 g/mol. The molecular formula is C27H23N7O. The molecule has 1 aliphatic heterocycles. The maximum Gasteiger partial charge on any atom is 0.232 e. The maximum absolute atomic E-state index is 13.1. The second kappa shape index (κ2) is 8.02. The molecule has 0 N–H and O–H groups in total. The number of carbonyl (C=O) groups excluding carboxylic acids is 1. The van der Waals surface area contributed by atoms with E-state index in [9.17, 15) is 4.79 Å². The van der Waals surface area contributed by atoms with Gasteiger partial charge < -0.3 is 0 Å². The molecule has 0 saturated heterocycles. The van der Waals surface area contributed by atoms with E-state index < -0.39 is 0 Å². The van der Waals surface area contributed by atoms with Crippen LogP contribution in [-0.4, -0.2) is 42.3 Å². The minimum Gasteiger partial charge on any atom is -0.299 e. The van der Waals surface area contributed by atoms with Gasteiger partial charge in [0, 0.05) is 49.5 Å². The van der Waals surface area contributed by atoms with Gasteiger partial charge in [0.25, 0.3) is 0 Å². The number of rotatable bonds is 3. The Balaban J connectivity index is 1.46. The number of pyridine rings is 2. The average Bonchev–Trinajstić information content (AvgIpc) is 3.34. The summed E-state index contributed by atoms with van der Waals surface area (Å²) >= 11 is 0. The third-order valence-electron chi connectivity index (χ3n) is 6.46. The highest BCUT2D eigenvalue weighted by atomic mass is 16.2. The first-order valence-electron chi connectivity index (χ1n) is 11.4. The molecule has 172 valence electrons. The molecule has 5 aromatic rings. The van der Waals surface area contributed by atoms with E-state index in [-0.39, 0.29) is 5.91 Å². The number of hydrogen-bond acceptors (Lipinski definition) is 5. The summed E-state index contributed by atoms with van der Waals surface area (Å²) in [5, 5.41) is 4.73. The van der Waals surface area contributed by atoms with Crippen molar-refractivity contribution < 1.29 is 4.79 Å². The van der Waals surface area contributed by atoms with Crippen LogP contribution in [-0.2, 0) is 11.8 Å². The van der Waals surface area contributed by atoms with Crippen molar-refractivity contribution >= 4 is 34.4 Å². The molecule has 0 radical (unpaired) electrons. The Morgan fingerprint density at radius 3 is 2.49 bits per heavy atom. The van der Waals surface area contributed by atoms with E-state index in [4.69, 9.17) is 5.10 Å². The number of imidazole rings is 1. The first kappa shape index (κ1) is 21.0. The molecule has 1 aliphatic rings. The Kier molecular flexibility index (Phi) is 4.81. The van der Waals surface area contributed by atoms with Crippen molar-refractivity contribution in [3.63, 3.8) is 0 Å². The van der Waals surface area contributed by atoms with Gasteiger partial charge in [0.05, 0.1) is 18.1 Å². The number of aryl methyl sites for hydroxylation is 2. The van der Waals surface area contributed by atoms with Gasteiger partial charge in [-0.15, -0.1) is 0 Å². The van der Waals surface area contributed by atoms with Gasteiger partial charge >= 0.3 is 0 Å². The van der Waals surface area contributed by atoms with Crippen molar-refractivity contribution in [3.05, 3.63) is 84.2 Å². The van der Waals surface area contributed by atoms with Crippen molar-refractivity contribution in [2.24, 2.45) is 7.05 Å². The monoisotopic (exact) mass is 461 g/mol. The molecule has 0 fully saturated rings.